The molecule has 3 rings (SSSR count). The SMILES string of the molecule is O=C(N[C@H](c1ccccc1)C1CCCC1)[C@@H]1CCS(=O)(=O)C1. The standard InChI is InChI=1S/C17H23NO3S/c19-17(15-10-11-22(20,21)12-15)18-16(14-8-4-5-9-14)13-6-2-1-3-7-13/h1-3,6-7,14-16H,4-5,8-12H2,(H,18,19)/t15-,16-/m1/s1. The zero-order valence-corrected chi connectivity index (χ0v) is 13.5. The van der Waals surface area contributed by atoms with Gasteiger partial charge in [-0.15, -0.1) is 0 Å². The molecule has 1 aromatic carbocycles. The minimum atomic E-state index is -3.02. The average Bonchev–Trinajstić information content (AvgIpc) is 3.15. The summed E-state index contributed by atoms with van der Waals surface area (Å²) in [6.07, 6.45) is 5.13. The van der Waals surface area contributed by atoms with Gasteiger partial charge in [0.05, 0.1) is 23.5 Å². The van der Waals surface area contributed by atoms with E-state index in [9.17, 15) is 13.2 Å². The first kappa shape index (κ1) is 15.5. The summed E-state index contributed by atoms with van der Waals surface area (Å²) < 4.78 is 23.2. The molecule has 0 unspecified atom stereocenters. The lowest BCUT2D eigenvalue weighted by molar-refractivity contribution is -0.125. The monoisotopic (exact) mass is 321 g/mol. The topological polar surface area (TPSA) is 63.2 Å². The van der Waals surface area contributed by atoms with Crippen LogP contribution >= 0.6 is 0 Å². The van der Waals surface area contributed by atoms with Gasteiger partial charge in [0, 0.05) is 0 Å². The molecule has 2 fully saturated rings. The van der Waals surface area contributed by atoms with E-state index in [0.29, 0.717) is 12.3 Å². The predicted molar refractivity (Wildman–Crippen MR) is 86.0 cm³/mol. The van der Waals surface area contributed by atoms with E-state index in [4.69, 9.17) is 0 Å². The number of carbonyl (C=O) groups excluding carboxylic acids is 1. The number of hydrogen-bond acceptors (Lipinski definition) is 3. The third kappa shape index (κ3) is 3.51. The van der Waals surface area contributed by atoms with Crippen LogP contribution in [0.15, 0.2) is 30.3 Å². The van der Waals surface area contributed by atoms with Gasteiger partial charge in [-0.2, -0.15) is 0 Å². The van der Waals surface area contributed by atoms with Crippen LogP contribution in [0.25, 0.3) is 0 Å². The van der Waals surface area contributed by atoms with E-state index in [1.54, 1.807) is 0 Å². The largest absolute Gasteiger partial charge is 0.349 e. The van der Waals surface area contributed by atoms with Crippen molar-refractivity contribution in [3.8, 4) is 0 Å². The molecule has 1 saturated carbocycles. The molecule has 1 heterocycles. The van der Waals surface area contributed by atoms with E-state index in [2.05, 4.69) is 17.4 Å². The molecule has 0 spiro atoms. The predicted octanol–water partition coefficient (Wildman–Crippen LogP) is 2.47. The number of nitrogens with one attached hydrogen (secondary N) is 1. The quantitative estimate of drug-likeness (QED) is 0.926. The highest BCUT2D eigenvalue weighted by Gasteiger charge is 2.35. The van der Waals surface area contributed by atoms with Crippen LogP contribution < -0.4 is 5.32 Å². The summed E-state index contributed by atoms with van der Waals surface area (Å²) in [7, 11) is -3.02. The van der Waals surface area contributed by atoms with Crippen molar-refractivity contribution in [3.05, 3.63) is 35.9 Å². The summed E-state index contributed by atoms with van der Waals surface area (Å²) in [5, 5.41) is 3.15. The van der Waals surface area contributed by atoms with Crippen LogP contribution in [0.5, 0.6) is 0 Å². The Morgan fingerprint density at radius 2 is 1.77 bits per heavy atom. The lowest BCUT2D eigenvalue weighted by atomic mass is 9.91. The Hall–Kier alpha value is -1.36. The molecule has 0 radical (unpaired) electrons. The summed E-state index contributed by atoms with van der Waals surface area (Å²) in [6.45, 7) is 0. The first-order valence-corrected chi connectivity index (χ1v) is 9.93. The van der Waals surface area contributed by atoms with Crippen molar-refractivity contribution in [3.63, 3.8) is 0 Å². The number of sulfone groups is 1. The van der Waals surface area contributed by atoms with Crippen molar-refractivity contribution in [2.24, 2.45) is 11.8 Å². The minimum absolute atomic E-state index is 0.00497. The fraction of sp³-hybridized carbons (Fsp3) is 0.588. The van der Waals surface area contributed by atoms with Crippen LogP contribution in [0, 0.1) is 11.8 Å². The van der Waals surface area contributed by atoms with E-state index >= 15 is 0 Å². The Morgan fingerprint density at radius 1 is 1.09 bits per heavy atom. The number of hydrogen-bond donors (Lipinski definition) is 1. The minimum Gasteiger partial charge on any atom is -0.349 e. The van der Waals surface area contributed by atoms with E-state index in [0.717, 1.165) is 18.4 Å². The van der Waals surface area contributed by atoms with Gasteiger partial charge in [0.2, 0.25) is 5.91 Å². The lowest BCUT2D eigenvalue weighted by Crippen LogP contribution is -2.37. The maximum atomic E-state index is 12.5. The van der Waals surface area contributed by atoms with Crippen molar-refractivity contribution < 1.29 is 13.2 Å². The molecule has 0 aromatic heterocycles. The summed E-state index contributed by atoms with van der Waals surface area (Å²) >= 11 is 0. The summed E-state index contributed by atoms with van der Waals surface area (Å²) in [5.74, 6) is 0.138. The molecular weight excluding hydrogens is 298 g/mol. The average molecular weight is 321 g/mol. The van der Waals surface area contributed by atoms with Crippen molar-refractivity contribution in [2.75, 3.05) is 11.5 Å². The molecule has 1 saturated heterocycles. The first-order valence-electron chi connectivity index (χ1n) is 8.11. The van der Waals surface area contributed by atoms with Crippen molar-refractivity contribution in [1.82, 2.24) is 5.32 Å². The van der Waals surface area contributed by atoms with Crippen LogP contribution in [-0.2, 0) is 14.6 Å². The molecule has 2 aliphatic rings. The van der Waals surface area contributed by atoms with Crippen LogP contribution in [-0.4, -0.2) is 25.8 Å². The zero-order chi connectivity index (χ0) is 15.6. The van der Waals surface area contributed by atoms with Crippen LogP contribution in [0.3, 0.4) is 0 Å². The number of carbonyl (C=O) groups is 1. The van der Waals surface area contributed by atoms with Gasteiger partial charge in [-0.25, -0.2) is 8.42 Å². The summed E-state index contributed by atoms with van der Waals surface area (Å²) in [6, 6.07) is 10.1. The normalized spacial score (nSPS) is 25.9. The summed E-state index contributed by atoms with van der Waals surface area (Å²) in [5.41, 5.74) is 1.13. The van der Waals surface area contributed by atoms with E-state index in [1.165, 1.54) is 12.8 Å². The Kier molecular flexibility index (Phi) is 4.52. The highest BCUT2D eigenvalue weighted by atomic mass is 32.2. The van der Waals surface area contributed by atoms with Gasteiger partial charge in [0.25, 0.3) is 0 Å². The van der Waals surface area contributed by atoms with Crippen molar-refractivity contribution in [1.29, 1.82) is 0 Å². The van der Waals surface area contributed by atoms with Gasteiger partial charge < -0.3 is 5.32 Å². The first-order chi connectivity index (χ1) is 10.6. The Morgan fingerprint density at radius 3 is 2.36 bits per heavy atom. The zero-order valence-electron chi connectivity index (χ0n) is 12.7. The molecule has 1 aromatic rings. The van der Waals surface area contributed by atoms with Gasteiger partial charge in [0.15, 0.2) is 9.84 Å². The highest BCUT2D eigenvalue weighted by Crippen LogP contribution is 2.36. The second kappa shape index (κ2) is 6.41. The van der Waals surface area contributed by atoms with Crippen molar-refractivity contribution >= 4 is 15.7 Å². The number of rotatable bonds is 4. The molecule has 0 bridgehead atoms. The molecule has 5 heteroatoms. The molecule has 1 aliphatic heterocycles. The molecule has 2 atom stereocenters. The van der Waals surface area contributed by atoms with E-state index in [1.807, 2.05) is 18.2 Å². The Balaban J connectivity index is 1.74. The summed E-state index contributed by atoms with van der Waals surface area (Å²) in [4.78, 5) is 12.5. The molecule has 1 amide bonds. The third-order valence-electron chi connectivity index (χ3n) is 4.93. The van der Waals surface area contributed by atoms with Crippen molar-refractivity contribution in [2.45, 2.75) is 38.1 Å². The molecule has 1 aliphatic carbocycles. The molecular formula is C17H23NO3S. The Labute approximate surface area is 132 Å². The maximum Gasteiger partial charge on any atom is 0.224 e. The third-order valence-corrected chi connectivity index (χ3v) is 6.70. The maximum absolute atomic E-state index is 12.5. The van der Waals surface area contributed by atoms with Gasteiger partial charge in [-0.3, -0.25) is 4.79 Å². The fourth-order valence-electron chi connectivity index (χ4n) is 3.70. The van der Waals surface area contributed by atoms with E-state index < -0.39 is 9.84 Å². The second-order valence-corrected chi connectivity index (χ2v) is 8.77. The van der Waals surface area contributed by atoms with Crippen LogP contribution in [0.1, 0.15) is 43.7 Å². The van der Waals surface area contributed by atoms with Gasteiger partial charge >= 0.3 is 0 Å². The smallest absolute Gasteiger partial charge is 0.224 e. The molecule has 4 nitrogen and oxygen atoms in total. The number of benzene rings is 1. The highest BCUT2D eigenvalue weighted by molar-refractivity contribution is 7.91. The van der Waals surface area contributed by atoms with Crippen LogP contribution in [0.4, 0.5) is 0 Å². The van der Waals surface area contributed by atoms with Gasteiger partial charge in [-0.1, -0.05) is 43.2 Å². The second-order valence-electron chi connectivity index (χ2n) is 6.54. The molecule has 120 valence electrons. The lowest BCUT2D eigenvalue weighted by Gasteiger charge is -2.26. The van der Waals surface area contributed by atoms with Crippen LogP contribution in [0.2, 0.25) is 0 Å². The van der Waals surface area contributed by atoms with E-state index in [-0.39, 0.29) is 29.4 Å². The van der Waals surface area contributed by atoms with Gasteiger partial charge in [0.1, 0.15) is 0 Å². The Bertz CT molecular complexity index is 621. The number of amides is 1. The van der Waals surface area contributed by atoms with Gasteiger partial charge in [-0.05, 0) is 30.7 Å². The molecule has 22 heavy (non-hydrogen) atoms. The fourth-order valence-corrected chi connectivity index (χ4v) is 5.44. The molecule has 1 N–H and O–H groups in total.